The third-order valence-electron chi connectivity index (χ3n) is 3.27. The van der Waals surface area contributed by atoms with Gasteiger partial charge in [0.1, 0.15) is 16.7 Å². The maximum atomic E-state index is 12.5. The molecule has 1 unspecified atom stereocenters. The lowest BCUT2D eigenvalue weighted by Crippen LogP contribution is -2.43. The molecule has 1 aromatic heterocycles. The van der Waals surface area contributed by atoms with E-state index in [9.17, 15) is 9.59 Å². The largest absolute Gasteiger partial charge is 0.383 e. The minimum Gasteiger partial charge on any atom is -0.383 e. The third kappa shape index (κ3) is 3.42. The molecule has 2 amide bonds. The smallest absolute Gasteiger partial charge is 0.268 e. The summed E-state index contributed by atoms with van der Waals surface area (Å²) in [5, 5.41) is 3.58. The number of methoxy groups -OCH3 is 1. The molecule has 1 atom stereocenters. The number of thiazole rings is 1. The van der Waals surface area contributed by atoms with Gasteiger partial charge in [0.2, 0.25) is 5.91 Å². The molecule has 1 aliphatic heterocycles. The first-order chi connectivity index (χ1) is 10.0. The molecule has 0 aromatic carbocycles. The van der Waals surface area contributed by atoms with Crippen molar-refractivity contribution in [3.8, 4) is 0 Å². The molecule has 21 heavy (non-hydrogen) atoms. The Balaban J connectivity index is 2.10. The first-order valence-electron chi connectivity index (χ1n) is 6.64. The highest BCUT2D eigenvalue weighted by atomic mass is 32.1. The van der Waals surface area contributed by atoms with Crippen molar-refractivity contribution < 1.29 is 14.3 Å². The van der Waals surface area contributed by atoms with E-state index in [1.165, 1.54) is 16.2 Å². The highest BCUT2D eigenvalue weighted by Gasteiger charge is 2.35. The summed E-state index contributed by atoms with van der Waals surface area (Å²) in [7, 11) is 1.60. The van der Waals surface area contributed by atoms with Gasteiger partial charge in [0.25, 0.3) is 5.91 Å². The summed E-state index contributed by atoms with van der Waals surface area (Å²) in [6.45, 7) is 1.61. The number of nitrogens with one attached hydrogen (secondary N) is 1. The van der Waals surface area contributed by atoms with E-state index in [0.29, 0.717) is 36.1 Å². The standard InChI is InChI=1S/C12H19N5O3S/c1-20-6-4-15-12-16-9(13)8(21-12)11(19)17-5-2-3-7(17)10(14)18/h7H,2-6,13H2,1H3,(H2,14,18)(H,15,16). The van der Waals surface area contributed by atoms with Crippen molar-refractivity contribution in [1.82, 2.24) is 9.88 Å². The van der Waals surface area contributed by atoms with Crippen LogP contribution in [0.4, 0.5) is 10.9 Å². The van der Waals surface area contributed by atoms with Gasteiger partial charge in [-0.25, -0.2) is 4.98 Å². The number of ether oxygens (including phenoxy) is 1. The number of amides is 2. The number of nitrogens with zero attached hydrogens (tertiary/aromatic N) is 2. The number of likely N-dealkylation sites (tertiary alicyclic amines) is 1. The second kappa shape index (κ2) is 6.72. The summed E-state index contributed by atoms with van der Waals surface area (Å²) in [5.74, 6) is -0.603. The number of carbonyl (C=O) groups excluding carboxylic acids is 2. The Morgan fingerprint density at radius 1 is 1.57 bits per heavy atom. The SMILES string of the molecule is COCCNc1nc(N)c(C(=O)N2CCCC2C(N)=O)s1. The Bertz CT molecular complexity index is 533. The number of aromatic nitrogens is 1. The van der Waals surface area contributed by atoms with Crippen LogP contribution in [-0.4, -0.2) is 54.5 Å². The Hall–Kier alpha value is -1.87. The fourth-order valence-corrected chi connectivity index (χ4v) is 3.12. The Morgan fingerprint density at radius 2 is 2.33 bits per heavy atom. The van der Waals surface area contributed by atoms with Crippen LogP contribution in [0.25, 0.3) is 0 Å². The number of rotatable bonds is 6. The van der Waals surface area contributed by atoms with Gasteiger partial charge >= 0.3 is 0 Å². The predicted octanol–water partition coefficient (Wildman–Crippen LogP) is -0.126. The molecular formula is C12H19N5O3S. The number of nitrogens with two attached hydrogens (primary N) is 2. The molecule has 1 saturated heterocycles. The Kier molecular flexibility index (Phi) is 4.97. The van der Waals surface area contributed by atoms with Crippen LogP contribution in [-0.2, 0) is 9.53 Å². The van der Waals surface area contributed by atoms with E-state index in [1.807, 2.05) is 0 Å². The minimum atomic E-state index is -0.552. The Labute approximate surface area is 126 Å². The predicted molar refractivity (Wildman–Crippen MR) is 80.1 cm³/mol. The number of hydrogen-bond acceptors (Lipinski definition) is 7. The van der Waals surface area contributed by atoms with Crippen molar-refractivity contribution in [2.24, 2.45) is 5.73 Å². The second-order valence-electron chi connectivity index (χ2n) is 4.71. The van der Waals surface area contributed by atoms with Gasteiger partial charge in [0, 0.05) is 20.2 Å². The average molecular weight is 313 g/mol. The van der Waals surface area contributed by atoms with E-state index in [2.05, 4.69) is 10.3 Å². The van der Waals surface area contributed by atoms with Crippen LogP contribution in [0, 0.1) is 0 Å². The molecule has 1 aliphatic rings. The lowest BCUT2D eigenvalue weighted by Gasteiger charge is -2.21. The van der Waals surface area contributed by atoms with E-state index in [0.717, 1.165) is 6.42 Å². The molecule has 0 saturated carbocycles. The Morgan fingerprint density at radius 3 is 3.00 bits per heavy atom. The maximum absolute atomic E-state index is 12.5. The van der Waals surface area contributed by atoms with E-state index in [-0.39, 0.29) is 11.7 Å². The molecule has 2 rings (SSSR count). The van der Waals surface area contributed by atoms with Gasteiger partial charge in [-0.3, -0.25) is 9.59 Å². The molecule has 1 aromatic rings. The maximum Gasteiger partial charge on any atom is 0.268 e. The number of carbonyl (C=O) groups is 2. The van der Waals surface area contributed by atoms with Crippen LogP contribution in [0.2, 0.25) is 0 Å². The molecule has 0 aliphatic carbocycles. The van der Waals surface area contributed by atoms with Crippen molar-refractivity contribution >= 4 is 34.1 Å². The summed E-state index contributed by atoms with van der Waals surface area (Å²) in [5.41, 5.74) is 11.1. The number of primary amides is 1. The quantitative estimate of drug-likeness (QED) is 0.629. The van der Waals surface area contributed by atoms with Gasteiger partial charge in [0.05, 0.1) is 6.61 Å². The third-order valence-corrected chi connectivity index (χ3v) is 4.29. The number of anilines is 2. The van der Waals surface area contributed by atoms with E-state index in [4.69, 9.17) is 16.2 Å². The summed E-state index contributed by atoms with van der Waals surface area (Å²) in [6, 6.07) is -0.552. The lowest BCUT2D eigenvalue weighted by atomic mass is 10.2. The van der Waals surface area contributed by atoms with Crippen molar-refractivity contribution in [3.05, 3.63) is 4.88 Å². The molecule has 0 spiro atoms. The van der Waals surface area contributed by atoms with Gasteiger partial charge in [-0.15, -0.1) is 0 Å². The van der Waals surface area contributed by atoms with E-state index < -0.39 is 11.9 Å². The summed E-state index contributed by atoms with van der Waals surface area (Å²) in [4.78, 5) is 29.8. The van der Waals surface area contributed by atoms with Crippen LogP contribution < -0.4 is 16.8 Å². The van der Waals surface area contributed by atoms with Crippen LogP contribution >= 0.6 is 11.3 Å². The van der Waals surface area contributed by atoms with Crippen molar-refractivity contribution in [2.75, 3.05) is 37.9 Å². The summed E-state index contributed by atoms with van der Waals surface area (Å²) < 4.78 is 4.93. The zero-order valence-corrected chi connectivity index (χ0v) is 12.6. The number of nitrogen functional groups attached to an aromatic ring is 1. The molecule has 0 radical (unpaired) electrons. The van der Waals surface area contributed by atoms with Crippen LogP contribution in [0.5, 0.6) is 0 Å². The highest BCUT2D eigenvalue weighted by Crippen LogP contribution is 2.29. The fraction of sp³-hybridized carbons (Fsp3) is 0.583. The van der Waals surface area contributed by atoms with E-state index in [1.54, 1.807) is 7.11 Å². The van der Waals surface area contributed by atoms with Gasteiger partial charge in [-0.2, -0.15) is 0 Å². The van der Waals surface area contributed by atoms with Crippen molar-refractivity contribution in [3.63, 3.8) is 0 Å². The topological polar surface area (TPSA) is 124 Å². The zero-order valence-electron chi connectivity index (χ0n) is 11.8. The first-order valence-corrected chi connectivity index (χ1v) is 7.45. The average Bonchev–Trinajstić information content (AvgIpc) is 3.05. The number of hydrogen-bond donors (Lipinski definition) is 3. The van der Waals surface area contributed by atoms with Crippen LogP contribution in [0.3, 0.4) is 0 Å². The van der Waals surface area contributed by atoms with E-state index >= 15 is 0 Å². The molecular weight excluding hydrogens is 294 g/mol. The molecule has 116 valence electrons. The second-order valence-corrected chi connectivity index (χ2v) is 5.71. The lowest BCUT2D eigenvalue weighted by molar-refractivity contribution is -0.121. The van der Waals surface area contributed by atoms with Gasteiger partial charge in [-0.1, -0.05) is 11.3 Å². The van der Waals surface area contributed by atoms with Gasteiger partial charge in [0.15, 0.2) is 5.13 Å². The van der Waals surface area contributed by atoms with Crippen LogP contribution in [0.1, 0.15) is 22.5 Å². The summed E-state index contributed by atoms with van der Waals surface area (Å²) >= 11 is 1.17. The molecule has 5 N–H and O–H groups in total. The highest BCUT2D eigenvalue weighted by molar-refractivity contribution is 7.18. The molecule has 2 heterocycles. The fourth-order valence-electron chi connectivity index (χ4n) is 2.26. The molecule has 0 bridgehead atoms. The van der Waals surface area contributed by atoms with Gasteiger partial charge in [-0.05, 0) is 12.8 Å². The molecule has 8 nitrogen and oxygen atoms in total. The normalized spacial score (nSPS) is 18.0. The molecule has 9 heteroatoms. The first kappa shape index (κ1) is 15.5. The van der Waals surface area contributed by atoms with Crippen LogP contribution in [0.15, 0.2) is 0 Å². The minimum absolute atomic E-state index is 0.167. The zero-order chi connectivity index (χ0) is 15.4. The van der Waals surface area contributed by atoms with Gasteiger partial charge < -0.3 is 26.4 Å². The van der Waals surface area contributed by atoms with Crippen molar-refractivity contribution in [1.29, 1.82) is 0 Å². The monoisotopic (exact) mass is 313 g/mol. The molecule has 1 fully saturated rings. The van der Waals surface area contributed by atoms with Crippen molar-refractivity contribution in [2.45, 2.75) is 18.9 Å². The summed E-state index contributed by atoms with van der Waals surface area (Å²) in [6.07, 6.45) is 1.36.